The van der Waals surface area contributed by atoms with Gasteiger partial charge in [-0.3, -0.25) is 9.79 Å². The minimum Gasteiger partial charge on any atom is -0.335 e. The van der Waals surface area contributed by atoms with E-state index >= 15 is 0 Å². The third-order valence-electron chi connectivity index (χ3n) is 5.78. The first-order chi connectivity index (χ1) is 16.5. The summed E-state index contributed by atoms with van der Waals surface area (Å²) in [6, 6.07) is 20.1. The van der Waals surface area contributed by atoms with Crippen LogP contribution in [0.3, 0.4) is 0 Å². The lowest BCUT2D eigenvalue weighted by atomic mass is 10.00. The van der Waals surface area contributed by atoms with E-state index in [2.05, 4.69) is 31.9 Å². The Balaban J connectivity index is 1.48. The molecule has 1 aliphatic carbocycles. The van der Waals surface area contributed by atoms with Crippen molar-refractivity contribution in [1.29, 1.82) is 0 Å². The molecule has 5 rings (SSSR count). The highest BCUT2D eigenvalue weighted by Gasteiger charge is 2.27. The Kier molecular flexibility index (Phi) is 6.39. The third-order valence-corrected chi connectivity index (χ3v) is 6.79. The summed E-state index contributed by atoms with van der Waals surface area (Å²) in [4.78, 5) is 30.1. The Morgan fingerprint density at radius 1 is 1.09 bits per heavy atom. The van der Waals surface area contributed by atoms with Gasteiger partial charge in [-0.15, -0.1) is 0 Å². The molecule has 172 valence electrons. The van der Waals surface area contributed by atoms with Gasteiger partial charge in [-0.1, -0.05) is 57.9 Å². The normalized spacial score (nSPS) is 17.2. The van der Waals surface area contributed by atoms with Gasteiger partial charge in [-0.2, -0.15) is 0 Å². The Morgan fingerprint density at radius 2 is 1.85 bits per heavy atom. The number of nitrogens with zero attached hydrogens (tertiary/aromatic N) is 1. The van der Waals surface area contributed by atoms with Crippen LogP contribution in [0.25, 0.3) is 0 Å². The molecule has 1 unspecified atom stereocenters. The summed E-state index contributed by atoms with van der Waals surface area (Å²) in [7, 11) is 0. The lowest BCUT2D eigenvalue weighted by Gasteiger charge is -2.13. The number of aliphatic imine (C=N–C) groups is 1. The molecule has 6 nitrogen and oxygen atoms in total. The van der Waals surface area contributed by atoms with E-state index in [-0.39, 0.29) is 18.0 Å². The van der Waals surface area contributed by atoms with E-state index < -0.39 is 6.04 Å². The summed E-state index contributed by atoms with van der Waals surface area (Å²) in [5.74, 6) is -0.177. The number of nitrogens with one attached hydrogen (secondary N) is 3. The molecule has 3 N–H and O–H groups in total. The number of benzodiazepines with no additional fused rings is 1. The van der Waals surface area contributed by atoms with Crippen molar-refractivity contribution in [2.45, 2.75) is 31.3 Å². The molecule has 8 heteroatoms. The highest BCUT2D eigenvalue weighted by atomic mass is 79.9. The van der Waals surface area contributed by atoms with E-state index in [1.165, 1.54) is 0 Å². The van der Waals surface area contributed by atoms with Gasteiger partial charge < -0.3 is 16.0 Å². The second-order valence-electron chi connectivity index (χ2n) is 8.42. The van der Waals surface area contributed by atoms with Gasteiger partial charge >= 0.3 is 6.03 Å². The summed E-state index contributed by atoms with van der Waals surface area (Å²) >= 11 is 9.88. The van der Waals surface area contributed by atoms with Crippen LogP contribution in [0, 0.1) is 0 Å². The molecule has 1 saturated carbocycles. The summed E-state index contributed by atoms with van der Waals surface area (Å²) in [6.45, 7) is 0. The number of benzene rings is 3. The number of amides is 3. The second-order valence-corrected chi connectivity index (χ2v) is 9.71. The van der Waals surface area contributed by atoms with Gasteiger partial charge in [0, 0.05) is 38.8 Å². The molecule has 3 aromatic carbocycles. The second kappa shape index (κ2) is 9.60. The molecule has 0 bridgehead atoms. The zero-order chi connectivity index (χ0) is 23.7. The molecule has 1 heterocycles. The standard InChI is InChI=1S/C26H22BrClN4O2/c27-21-4-2-1-3-16(21)13-23-25(33)32-22-12-7-17(28)14-20(22)24(31-23)15-5-8-18(9-6-15)29-26(34)30-19-10-11-19/h1-9,12,14,19,23H,10-11,13H2,(H,32,33)(H2,29,30,34). The first kappa shape index (κ1) is 22.6. The molecule has 3 aromatic rings. The van der Waals surface area contributed by atoms with Crippen LogP contribution in [0.4, 0.5) is 16.2 Å². The van der Waals surface area contributed by atoms with Gasteiger partial charge in [0.15, 0.2) is 0 Å². The molecule has 1 fully saturated rings. The predicted octanol–water partition coefficient (Wildman–Crippen LogP) is 5.79. The summed E-state index contributed by atoms with van der Waals surface area (Å²) in [5, 5.41) is 9.33. The van der Waals surface area contributed by atoms with Gasteiger partial charge in [0.25, 0.3) is 0 Å². The third kappa shape index (κ3) is 5.16. The van der Waals surface area contributed by atoms with E-state index in [1.54, 1.807) is 12.1 Å². The zero-order valence-electron chi connectivity index (χ0n) is 18.1. The highest BCUT2D eigenvalue weighted by Crippen LogP contribution is 2.29. The quantitative estimate of drug-likeness (QED) is 0.385. The first-order valence-electron chi connectivity index (χ1n) is 11.1. The summed E-state index contributed by atoms with van der Waals surface area (Å²) in [6.07, 6.45) is 2.50. The van der Waals surface area contributed by atoms with Crippen molar-refractivity contribution in [3.8, 4) is 0 Å². The number of urea groups is 1. The minimum atomic E-state index is -0.623. The minimum absolute atomic E-state index is 0.177. The topological polar surface area (TPSA) is 82.6 Å². The van der Waals surface area contributed by atoms with Crippen LogP contribution in [0.5, 0.6) is 0 Å². The highest BCUT2D eigenvalue weighted by molar-refractivity contribution is 9.10. The van der Waals surface area contributed by atoms with Crippen molar-refractivity contribution in [3.63, 3.8) is 0 Å². The average Bonchev–Trinajstić information content (AvgIpc) is 3.64. The van der Waals surface area contributed by atoms with Crippen molar-refractivity contribution >= 4 is 56.6 Å². The largest absolute Gasteiger partial charge is 0.335 e. The van der Waals surface area contributed by atoms with Gasteiger partial charge in [-0.25, -0.2) is 4.79 Å². The first-order valence-corrected chi connectivity index (χ1v) is 12.2. The SMILES string of the molecule is O=C(Nc1ccc(C2=NC(Cc3ccccc3Br)C(=O)Nc3ccc(Cl)cc32)cc1)NC1CC1. The molecule has 0 spiro atoms. The van der Waals surface area contributed by atoms with Gasteiger partial charge in [0.05, 0.1) is 11.4 Å². The molecule has 0 aromatic heterocycles. The fourth-order valence-electron chi connectivity index (χ4n) is 3.85. The molecule has 1 atom stereocenters. The smallest absolute Gasteiger partial charge is 0.319 e. The monoisotopic (exact) mass is 536 g/mol. The molecule has 0 radical (unpaired) electrons. The number of carbonyl (C=O) groups excluding carboxylic acids is 2. The number of rotatable bonds is 5. The van der Waals surface area contributed by atoms with Crippen LogP contribution < -0.4 is 16.0 Å². The van der Waals surface area contributed by atoms with E-state index in [4.69, 9.17) is 16.6 Å². The van der Waals surface area contributed by atoms with Gasteiger partial charge in [0.1, 0.15) is 6.04 Å². The lowest BCUT2D eigenvalue weighted by Crippen LogP contribution is -2.30. The van der Waals surface area contributed by atoms with Crippen molar-refractivity contribution in [2.24, 2.45) is 4.99 Å². The molecular formula is C26H22BrClN4O2. The fourth-order valence-corrected chi connectivity index (χ4v) is 4.47. The number of hydrogen-bond donors (Lipinski definition) is 3. The van der Waals surface area contributed by atoms with Gasteiger partial charge in [-0.05, 0) is 54.8 Å². The number of hydrogen-bond acceptors (Lipinski definition) is 3. The van der Waals surface area contributed by atoms with Crippen molar-refractivity contribution in [2.75, 3.05) is 10.6 Å². The number of fused-ring (bicyclic) bond motifs is 1. The lowest BCUT2D eigenvalue weighted by molar-refractivity contribution is -0.117. The maximum atomic E-state index is 13.1. The molecule has 1 aliphatic heterocycles. The summed E-state index contributed by atoms with van der Waals surface area (Å²) < 4.78 is 0.934. The van der Waals surface area contributed by atoms with Crippen LogP contribution >= 0.6 is 27.5 Å². The Labute approximate surface area is 210 Å². The molecule has 0 saturated heterocycles. The number of halogens is 2. The van der Waals surface area contributed by atoms with E-state index in [0.717, 1.165) is 34.0 Å². The van der Waals surface area contributed by atoms with Crippen molar-refractivity contribution in [3.05, 3.63) is 92.9 Å². The Hall–Kier alpha value is -3.16. The van der Waals surface area contributed by atoms with Crippen LogP contribution in [0.1, 0.15) is 29.5 Å². The fraction of sp³-hybridized carbons (Fsp3) is 0.192. The van der Waals surface area contributed by atoms with E-state index in [9.17, 15) is 9.59 Å². The van der Waals surface area contributed by atoms with Crippen LogP contribution in [0.2, 0.25) is 5.02 Å². The molecule has 34 heavy (non-hydrogen) atoms. The number of anilines is 2. The van der Waals surface area contributed by atoms with E-state index in [1.807, 2.05) is 54.6 Å². The number of carbonyl (C=O) groups is 2. The summed E-state index contributed by atoms with van der Waals surface area (Å²) in [5.41, 5.74) is 4.58. The predicted molar refractivity (Wildman–Crippen MR) is 139 cm³/mol. The molecule has 3 amide bonds. The zero-order valence-corrected chi connectivity index (χ0v) is 20.5. The Morgan fingerprint density at radius 3 is 2.59 bits per heavy atom. The maximum absolute atomic E-state index is 13.1. The van der Waals surface area contributed by atoms with Crippen molar-refractivity contribution in [1.82, 2.24) is 5.32 Å². The molecular weight excluding hydrogens is 516 g/mol. The van der Waals surface area contributed by atoms with E-state index in [0.29, 0.717) is 28.5 Å². The van der Waals surface area contributed by atoms with Crippen molar-refractivity contribution < 1.29 is 9.59 Å². The van der Waals surface area contributed by atoms with Crippen LogP contribution in [-0.4, -0.2) is 29.7 Å². The van der Waals surface area contributed by atoms with Crippen LogP contribution in [0.15, 0.2) is 76.2 Å². The Bertz CT molecular complexity index is 1290. The van der Waals surface area contributed by atoms with Crippen LogP contribution in [-0.2, 0) is 11.2 Å². The molecule has 2 aliphatic rings. The van der Waals surface area contributed by atoms with Gasteiger partial charge in [0.2, 0.25) is 5.91 Å². The average molecular weight is 538 g/mol. The maximum Gasteiger partial charge on any atom is 0.319 e.